The van der Waals surface area contributed by atoms with E-state index in [0.29, 0.717) is 85.6 Å². The van der Waals surface area contributed by atoms with Gasteiger partial charge >= 0.3 is 5.97 Å². The normalized spacial score (nSPS) is 17.4. The van der Waals surface area contributed by atoms with Gasteiger partial charge < -0.3 is 19.5 Å². The number of nitrogens with zero attached hydrogens (tertiary/aromatic N) is 1. The molecular formula is C33H34FNO6. The van der Waals surface area contributed by atoms with Crippen molar-refractivity contribution in [2.45, 2.75) is 64.4 Å². The van der Waals surface area contributed by atoms with Crippen LogP contribution in [-0.2, 0) is 27.4 Å². The molecule has 0 radical (unpaired) electrons. The summed E-state index contributed by atoms with van der Waals surface area (Å²) in [6.45, 7) is 6.04. The van der Waals surface area contributed by atoms with Gasteiger partial charge in [-0.1, -0.05) is 24.3 Å². The summed E-state index contributed by atoms with van der Waals surface area (Å²) in [6, 6.07) is 9.87. The number of halogens is 1. The van der Waals surface area contributed by atoms with Crippen LogP contribution in [0.25, 0.3) is 0 Å². The maximum Gasteiger partial charge on any atom is 0.323 e. The Bertz CT molecular complexity index is 1410. The highest BCUT2D eigenvalue weighted by atomic mass is 19.1. The molecule has 0 saturated heterocycles. The van der Waals surface area contributed by atoms with Crippen molar-refractivity contribution in [2.75, 3.05) is 13.2 Å². The van der Waals surface area contributed by atoms with Crippen molar-refractivity contribution in [3.8, 4) is 11.5 Å². The number of ketones is 2. The fourth-order valence-corrected chi connectivity index (χ4v) is 6.20. The van der Waals surface area contributed by atoms with E-state index in [0.717, 1.165) is 16.7 Å². The molecular weight excluding hydrogens is 525 g/mol. The van der Waals surface area contributed by atoms with Crippen molar-refractivity contribution >= 4 is 17.5 Å². The van der Waals surface area contributed by atoms with E-state index in [2.05, 4.69) is 6.58 Å². The Hall–Kier alpha value is -4.20. The molecule has 1 heterocycles. The number of Topliss-reactive ketones (excluding diaryl/α,β-unsaturated/α-hetero) is 2. The zero-order chi connectivity index (χ0) is 29.1. The summed E-state index contributed by atoms with van der Waals surface area (Å²) in [5.41, 5.74) is 4.76. The SMILES string of the molecule is C=CCc1cc(C2C3=C(CCCC3=O)N(CC(=O)O)C3=C2C(=O)CCC3)cc(OCC)c1OCc1ccc(F)cc1. The van der Waals surface area contributed by atoms with Crippen molar-refractivity contribution in [3.05, 3.63) is 94.1 Å². The number of carboxylic acid groups (broad SMARTS) is 1. The van der Waals surface area contributed by atoms with Gasteiger partial charge in [-0.3, -0.25) is 14.4 Å². The summed E-state index contributed by atoms with van der Waals surface area (Å²) >= 11 is 0. The number of carbonyl (C=O) groups is 3. The molecule has 2 aromatic carbocycles. The van der Waals surface area contributed by atoms with Crippen LogP contribution in [0.2, 0.25) is 0 Å². The number of allylic oxidation sites excluding steroid dienone is 5. The molecule has 2 aromatic rings. The molecule has 2 aliphatic carbocycles. The second-order valence-electron chi connectivity index (χ2n) is 10.5. The fourth-order valence-electron chi connectivity index (χ4n) is 6.20. The van der Waals surface area contributed by atoms with E-state index in [4.69, 9.17) is 9.47 Å². The van der Waals surface area contributed by atoms with Gasteiger partial charge in [0.25, 0.3) is 0 Å². The largest absolute Gasteiger partial charge is 0.490 e. The highest BCUT2D eigenvalue weighted by Gasteiger charge is 2.44. The first kappa shape index (κ1) is 28.3. The molecule has 41 heavy (non-hydrogen) atoms. The maximum atomic E-state index is 13.5. The Morgan fingerprint density at radius 2 is 1.66 bits per heavy atom. The van der Waals surface area contributed by atoms with Crippen LogP contribution in [0.5, 0.6) is 11.5 Å². The Kier molecular flexibility index (Phi) is 8.38. The lowest BCUT2D eigenvalue weighted by molar-refractivity contribution is -0.138. The Labute approximate surface area is 238 Å². The molecule has 0 bridgehead atoms. The standard InChI is InChI=1S/C33H34FNO6/c1-3-7-21-16-22(17-28(40-4-2)33(21)41-19-20-12-14-23(34)15-13-20)30-31-24(8-5-10-26(31)36)35(18-29(38)39)25-9-6-11-27(37)32(25)30/h3,12-17,30H,1,4-11,18-19H2,2H3,(H,38,39). The number of hydrogen-bond donors (Lipinski definition) is 1. The van der Waals surface area contributed by atoms with Gasteiger partial charge in [-0.15, -0.1) is 6.58 Å². The lowest BCUT2D eigenvalue weighted by atomic mass is 9.70. The smallest absolute Gasteiger partial charge is 0.323 e. The first-order valence-corrected chi connectivity index (χ1v) is 14.1. The van der Waals surface area contributed by atoms with Crippen LogP contribution >= 0.6 is 0 Å². The van der Waals surface area contributed by atoms with E-state index in [-0.39, 0.29) is 30.5 Å². The number of hydrogen-bond acceptors (Lipinski definition) is 6. The molecule has 0 unspecified atom stereocenters. The van der Waals surface area contributed by atoms with Crippen LogP contribution in [0.3, 0.4) is 0 Å². The van der Waals surface area contributed by atoms with Gasteiger partial charge in [0, 0.05) is 46.9 Å². The number of benzene rings is 2. The van der Waals surface area contributed by atoms with Gasteiger partial charge in [-0.2, -0.15) is 0 Å². The summed E-state index contributed by atoms with van der Waals surface area (Å²) in [6.07, 6.45) is 5.33. The summed E-state index contributed by atoms with van der Waals surface area (Å²) in [5.74, 6) is -1.06. The van der Waals surface area contributed by atoms with E-state index in [1.54, 1.807) is 23.1 Å². The number of carbonyl (C=O) groups excluding carboxylic acids is 2. The van der Waals surface area contributed by atoms with E-state index in [1.165, 1.54) is 12.1 Å². The molecule has 7 nitrogen and oxygen atoms in total. The number of aliphatic carboxylic acids is 1. The minimum atomic E-state index is -1.01. The number of rotatable bonds is 10. The van der Waals surface area contributed by atoms with Crippen LogP contribution in [0, 0.1) is 5.82 Å². The van der Waals surface area contributed by atoms with Crippen molar-refractivity contribution in [3.63, 3.8) is 0 Å². The maximum absolute atomic E-state index is 13.5. The summed E-state index contributed by atoms with van der Waals surface area (Å²) < 4.78 is 25.7. The Morgan fingerprint density at radius 3 is 2.22 bits per heavy atom. The van der Waals surface area contributed by atoms with Crippen molar-refractivity contribution in [2.24, 2.45) is 0 Å². The molecule has 0 aromatic heterocycles. The first-order valence-electron chi connectivity index (χ1n) is 14.1. The van der Waals surface area contributed by atoms with Crippen LogP contribution in [0.4, 0.5) is 4.39 Å². The molecule has 0 fully saturated rings. The molecule has 5 rings (SSSR count). The van der Waals surface area contributed by atoms with Crippen LogP contribution in [-0.4, -0.2) is 40.7 Å². The predicted octanol–water partition coefficient (Wildman–Crippen LogP) is 6.03. The average Bonchev–Trinajstić information content (AvgIpc) is 2.94. The average molecular weight is 560 g/mol. The lowest BCUT2D eigenvalue weighted by Gasteiger charge is -2.43. The zero-order valence-corrected chi connectivity index (χ0v) is 23.2. The molecule has 8 heteroatoms. The summed E-state index contributed by atoms with van der Waals surface area (Å²) in [5, 5.41) is 9.71. The van der Waals surface area contributed by atoms with Gasteiger partial charge in [-0.05, 0) is 68.4 Å². The molecule has 1 aliphatic heterocycles. The number of ether oxygens (including phenoxy) is 2. The monoisotopic (exact) mass is 559 g/mol. The van der Waals surface area contributed by atoms with E-state index >= 15 is 0 Å². The zero-order valence-electron chi connectivity index (χ0n) is 23.2. The van der Waals surface area contributed by atoms with E-state index in [1.807, 2.05) is 19.1 Å². The van der Waals surface area contributed by atoms with Gasteiger partial charge in [0.2, 0.25) is 0 Å². The predicted molar refractivity (Wildman–Crippen MR) is 151 cm³/mol. The van der Waals surface area contributed by atoms with Gasteiger partial charge in [0.05, 0.1) is 6.61 Å². The Morgan fingerprint density at radius 1 is 1.02 bits per heavy atom. The molecule has 1 N–H and O–H groups in total. The fraction of sp³-hybridized carbons (Fsp3) is 0.364. The molecule has 0 spiro atoms. The first-order chi connectivity index (χ1) is 19.8. The summed E-state index contributed by atoms with van der Waals surface area (Å²) in [4.78, 5) is 40.6. The third-order valence-corrected chi connectivity index (χ3v) is 7.83. The minimum absolute atomic E-state index is 0.0589. The third kappa shape index (κ3) is 5.69. The van der Waals surface area contributed by atoms with E-state index < -0.39 is 11.9 Å². The quantitative estimate of drug-likeness (QED) is 0.355. The molecule has 214 valence electrons. The van der Waals surface area contributed by atoms with Crippen molar-refractivity contribution in [1.82, 2.24) is 4.90 Å². The summed E-state index contributed by atoms with van der Waals surface area (Å²) in [7, 11) is 0. The van der Waals surface area contributed by atoms with Crippen molar-refractivity contribution in [1.29, 1.82) is 0 Å². The van der Waals surface area contributed by atoms with Crippen LogP contribution < -0.4 is 9.47 Å². The van der Waals surface area contributed by atoms with Crippen LogP contribution in [0.15, 0.2) is 71.6 Å². The van der Waals surface area contributed by atoms with Gasteiger partial charge in [-0.25, -0.2) is 4.39 Å². The third-order valence-electron chi connectivity index (χ3n) is 7.83. The van der Waals surface area contributed by atoms with Gasteiger partial charge in [0.1, 0.15) is 19.0 Å². The Balaban J connectivity index is 1.66. The van der Waals surface area contributed by atoms with Crippen LogP contribution in [0.1, 0.15) is 68.1 Å². The lowest BCUT2D eigenvalue weighted by Crippen LogP contribution is -2.41. The minimum Gasteiger partial charge on any atom is -0.490 e. The molecule has 0 saturated carbocycles. The molecule has 3 aliphatic rings. The topological polar surface area (TPSA) is 93.1 Å². The number of carboxylic acids is 1. The van der Waals surface area contributed by atoms with Crippen molar-refractivity contribution < 1.29 is 33.4 Å². The molecule has 0 amide bonds. The second kappa shape index (κ2) is 12.1. The van der Waals surface area contributed by atoms with Gasteiger partial charge in [0.15, 0.2) is 23.1 Å². The molecule has 0 atom stereocenters. The highest BCUT2D eigenvalue weighted by Crippen LogP contribution is 2.50. The second-order valence-corrected chi connectivity index (χ2v) is 10.5. The van der Waals surface area contributed by atoms with E-state index in [9.17, 15) is 23.9 Å². The highest BCUT2D eigenvalue weighted by molar-refractivity contribution is 6.06.